The highest BCUT2D eigenvalue weighted by molar-refractivity contribution is 6.31. The Hall–Kier alpha value is -4.14. The molecule has 5 heterocycles. The number of alkyl halides is 2. The number of morpholine rings is 1. The number of ether oxygens (including phenoxy) is 2. The average molecular weight is 643 g/mol. The monoisotopic (exact) mass is 642 g/mol. The van der Waals surface area contributed by atoms with Crippen LogP contribution in [0.2, 0.25) is 5.02 Å². The van der Waals surface area contributed by atoms with Crippen molar-refractivity contribution in [2.24, 2.45) is 0 Å². The Morgan fingerprint density at radius 2 is 1.96 bits per heavy atom. The number of rotatable bonds is 10. The number of halogens is 3. The third-order valence-corrected chi connectivity index (χ3v) is 8.31. The van der Waals surface area contributed by atoms with Gasteiger partial charge in [0.15, 0.2) is 5.65 Å². The van der Waals surface area contributed by atoms with E-state index in [1.54, 1.807) is 29.3 Å². The second-order valence-corrected chi connectivity index (χ2v) is 11.4. The molecule has 1 N–H and O–H groups in total. The molecule has 0 saturated carbocycles. The molecule has 238 valence electrons. The van der Waals surface area contributed by atoms with Crippen LogP contribution in [0.4, 0.5) is 14.5 Å². The van der Waals surface area contributed by atoms with Crippen molar-refractivity contribution in [1.82, 2.24) is 34.2 Å². The molecule has 0 radical (unpaired) electrons. The number of carbonyl (C=O) groups is 2. The highest BCUT2D eigenvalue weighted by Crippen LogP contribution is 2.38. The zero-order chi connectivity index (χ0) is 31.3. The molecule has 0 aliphatic carbocycles. The number of aromatic nitrogens is 5. The normalized spacial score (nSPS) is 16.4. The lowest BCUT2D eigenvalue weighted by molar-refractivity contribution is -0.135. The number of hydrogen-bond donors (Lipinski definition) is 1. The molecule has 0 bridgehead atoms. The number of fused-ring (bicyclic) bond motifs is 1. The highest BCUT2D eigenvalue weighted by atomic mass is 35.5. The Morgan fingerprint density at radius 1 is 1.16 bits per heavy atom. The summed E-state index contributed by atoms with van der Waals surface area (Å²) in [4.78, 5) is 34.4. The van der Waals surface area contributed by atoms with Gasteiger partial charge in [0.2, 0.25) is 5.91 Å². The van der Waals surface area contributed by atoms with Crippen molar-refractivity contribution >= 4 is 34.7 Å². The van der Waals surface area contributed by atoms with E-state index in [9.17, 15) is 18.4 Å². The SMILES string of the molecule is O=C(Nc1cn(C2CCN(CCCC(=O)N3CCOCC3)CC2)nc1-c1cc(Cl)ccc1OC(F)F)c1cnn2cccnc12. The summed E-state index contributed by atoms with van der Waals surface area (Å²) < 4.78 is 40.0. The third kappa shape index (κ3) is 7.24. The molecule has 2 saturated heterocycles. The van der Waals surface area contributed by atoms with E-state index in [4.69, 9.17) is 26.2 Å². The topological polar surface area (TPSA) is 119 Å². The first kappa shape index (κ1) is 30.9. The maximum absolute atomic E-state index is 13.4. The smallest absolute Gasteiger partial charge is 0.387 e. The molecule has 0 atom stereocenters. The summed E-state index contributed by atoms with van der Waals surface area (Å²) in [6.07, 6.45) is 9.21. The van der Waals surface area contributed by atoms with Gasteiger partial charge in [-0.1, -0.05) is 11.6 Å². The van der Waals surface area contributed by atoms with E-state index in [1.807, 2.05) is 4.90 Å². The summed E-state index contributed by atoms with van der Waals surface area (Å²) in [6.45, 7) is 1.85. The molecule has 0 spiro atoms. The Kier molecular flexibility index (Phi) is 9.52. The Bertz CT molecular complexity index is 1650. The van der Waals surface area contributed by atoms with Gasteiger partial charge in [-0.2, -0.15) is 19.0 Å². The van der Waals surface area contributed by atoms with E-state index in [-0.39, 0.29) is 34.5 Å². The van der Waals surface area contributed by atoms with Gasteiger partial charge in [-0.05, 0) is 50.1 Å². The number of hydrogen-bond acceptors (Lipinski definition) is 8. The lowest BCUT2D eigenvalue weighted by Crippen LogP contribution is -2.41. The predicted molar refractivity (Wildman–Crippen MR) is 162 cm³/mol. The second-order valence-electron chi connectivity index (χ2n) is 11.0. The molecule has 2 fully saturated rings. The van der Waals surface area contributed by atoms with Crippen molar-refractivity contribution in [2.75, 3.05) is 51.3 Å². The fourth-order valence-electron chi connectivity index (χ4n) is 5.76. The molecule has 2 aliphatic heterocycles. The molecular formula is C30H33ClF2N8O4. The lowest BCUT2D eigenvalue weighted by Gasteiger charge is -2.32. The van der Waals surface area contributed by atoms with Crippen LogP contribution >= 0.6 is 11.6 Å². The summed E-state index contributed by atoms with van der Waals surface area (Å²) in [5, 5.41) is 12.1. The fraction of sp³-hybridized carbons (Fsp3) is 0.433. The summed E-state index contributed by atoms with van der Waals surface area (Å²) in [7, 11) is 0. The van der Waals surface area contributed by atoms with Crippen molar-refractivity contribution in [3.05, 3.63) is 59.6 Å². The molecule has 12 nitrogen and oxygen atoms in total. The minimum absolute atomic E-state index is 0.00192. The van der Waals surface area contributed by atoms with Crippen LogP contribution in [0.25, 0.3) is 16.9 Å². The van der Waals surface area contributed by atoms with Crippen LogP contribution in [0.5, 0.6) is 5.75 Å². The van der Waals surface area contributed by atoms with E-state index in [2.05, 4.69) is 20.3 Å². The number of amides is 2. The second kappa shape index (κ2) is 13.9. The van der Waals surface area contributed by atoms with Crippen LogP contribution in [0, 0.1) is 0 Å². The number of likely N-dealkylation sites (tertiary alicyclic amines) is 1. The van der Waals surface area contributed by atoms with Gasteiger partial charge in [0.25, 0.3) is 5.91 Å². The van der Waals surface area contributed by atoms with Gasteiger partial charge in [-0.3, -0.25) is 14.3 Å². The predicted octanol–water partition coefficient (Wildman–Crippen LogP) is 4.38. The summed E-state index contributed by atoms with van der Waals surface area (Å²) in [6, 6.07) is 5.99. The minimum atomic E-state index is -3.07. The summed E-state index contributed by atoms with van der Waals surface area (Å²) >= 11 is 6.27. The molecule has 3 aromatic heterocycles. The number of carbonyl (C=O) groups excluding carboxylic acids is 2. The van der Waals surface area contributed by atoms with Crippen LogP contribution in [-0.4, -0.2) is 98.5 Å². The maximum atomic E-state index is 13.4. The maximum Gasteiger partial charge on any atom is 0.387 e. The van der Waals surface area contributed by atoms with Gasteiger partial charge in [-0.15, -0.1) is 0 Å². The minimum Gasteiger partial charge on any atom is -0.434 e. The van der Waals surface area contributed by atoms with Crippen LogP contribution in [0.1, 0.15) is 42.1 Å². The van der Waals surface area contributed by atoms with Gasteiger partial charge in [-0.25, -0.2) is 9.50 Å². The zero-order valence-electron chi connectivity index (χ0n) is 24.4. The molecule has 2 aliphatic rings. The fourth-order valence-corrected chi connectivity index (χ4v) is 5.94. The molecule has 45 heavy (non-hydrogen) atoms. The van der Waals surface area contributed by atoms with E-state index < -0.39 is 12.5 Å². The first-order valence-electron chi connectivity index (χ1n) is 14.9. The average Bonchev–Trinajstić information content (AvgIpc) is 3.67. The van der Waals surface area contributed by atoms with Crippen molar-refractivity contribution in [3.8, 4) is 17.0 Å². The van der Waals surface area contributed by atoms with Gasteiger partial charge in [0.05, 0.1) is 31.1 Å². The summed E-state index contributed by atoms with van der Waals surface area (Å²) in [5.41, 5.74) is 1.38. The molecule has 6 rings (SSSR count). The molecule has 0 unspecified atom stereocenters. The highest BCUT2D eigenvalue weighted by Gasteiger charge is 2.27. The Labute approximate surface area is 262 Å². The Balaban J connectivity index is 1.18. The number of piperidine rings is 1. The molecule has 1 aromatic carbocycles. The van der Waals surface area contributed by atoms with Gasteiger partial charge in [0.1, 0.15) is 17.0 Å². The summed E-state index contributed by atoms with van der Waals surface area (Å²) in [5.74, 6) is -0.429. The number of nitrogens with one attached hydrogen (secondary N) is 1. The van der Waals surface area contributed by atoms with Gasteiger partial charge >= 0.3 is 6.61 Å². The van der Waals surface area contributed by atoms with E-state index in [1.165, 1.54) is 28.9 Å². The standard InChI is InChI=1S/C30H33ClF2N8O4/c31-20-4-5-25(45-30(32)33)22(17-20)27-24(36-29(43)23-18-35-40-10-2-8-34-28(23)40)19-41(37-27)21-6-11-38(12-7-21)9-1-3-26(42)39-13-15-44-16-14-39/h2,4-5,8,10,17-19,21,30H,1,3,6-7,9,11-16H2,(H,36,43). The third-order valence-electron chi connectivity index (χ3n) is 8.08. The lowest BCUT2D eigenvalue weighted by atomic mass is 10.0. The van der Waals surface area contributed by atoms with Crippen LogP contribution < -0.4 is 10.1 Å². The Morgan fingerprint density at radius 3 is 2.73 bits per heavy atom. The van der Waals surface area contributed by atoms with Gasteiger partial charge < -0.3 is 24.6 Å². The van der Waals surface area contributed by atoms with Crippen LogP contribution in [0.3, 0.4) is 0 Å². The first-order valence-corrected chi connectivity index (χ1v) is 15.2. The number of benzene rings is 1. The van der Waals surface area contributed by atoms with E-state index >= 15 is 0 Å². The van der Waals surface area contributed by atoms with E-state index in [0.717, 1.165) is 38.9 Å². The first-order chi connectivity index (χ1) is 21.9. The van der Waals surface area contributed by atoms with Crippen LogP contribution in [0.15, 0.2) is 49.1 Å². The largest absolute Gasteiger partial charge is 0.434 e. The van der Waals surface area contributed by atoms with Crippen molar-refractivity contribution in [1.29, 1.82) is 0 Å². The van der Waals surface area contributed by atoms with Crippen LogP contribution in [-0.2, 0) is 9.53 Å². The molecule has 2 amide bonds. The van der Waals surface area contributed by atoms with Crippen molar-refractivity contribution in [3.63, 3.8) is 0 Å². The molecular weight excluding hydrogens is 610 g/mol. The quantitative estimate of drug-likeness (QED) is 0.271. The zero-order valence-corrected chi connectivity index (χ0v) is 25.2. The van der Waals surface area contributed by atoms with Crippen molar-refractivity contribution in [2.45, 2.75) is 38.3 Å². The molecule has 4 aromatic rings. The van der Waals surface area contributed by atoms with Crippen molar-refractivity contribution < 1.29 is 27.8 Å². The molecule has 15 heteroatoms. The number of nitrogens with zero attached hydrogens (tertiary/aromatic N) is 7. The number of anilines is 1. The van der Waals surface area contributed by atoms with E-state index in [0.29, 0.717) is 49.1 Å². The van der Waals surface area contributed by atoms with Gasteiger partial charge in [0, 0.05) is 61.8 Å².